The van der Waals surface area contributed by atoms with Gasteiger partial charge in [-0.25, -0.2) is 4.79 Å². The number of aliphatic carboxylic acids is 1. The molecule has 2 amide bonds. The third-order valence-corrected chi connectivity index (χ3v) is 3.08. The number of amides is 2. The van der Waals surface area contributed by atoms with E-state index in [9.17, 15) is 14.7 Å². The van der Waals surface area contributed by atoms with Crippen LogP contribution in [0.25, 0.3) is 0 Å². The number of hydrogen-bond acceptors (Lipinski definition) is 3. The van der Waals surface area contributed by atoms with Gasteiger partial charge in [0.25, 0.3) is 0 Å². The van der Waals surface area contributed by atoms with E-state index in [-0.39, 0.29) is 24.0 Å². The first-order chi connectivity index (χ1) is 9.69. The van der Waals surface area contributed by atoms with Crippen molar-refractivity contribution >= 4 is 12.0 Å². The molecule has 7 heteroatoms. The highest BCUT2D eigenvalue weighted by molar-refractivity contribution is 5.76. The molecule has 1 aromatic rings. The Labute approximate surface area is 124 Å². The van der Waals surface area contributed by atoms with Crippen LogP contribution in [-0.2, 0) is 4.79 Å². The van der Waals surface area contributed by atoms with Crippen molar-refractivity contribution in [2.45, 2.75) is 40.2 Å². The number of nitrogens with one attached hydrogen (secondary N) is 3. The summed E-state index contributed by atoms with van der Waals surface area (Å²) < 4.78 is 0. The summed E-state index contributed by atoms with van der Waals surface area (Å²) in [6, 6.07) is -0.585. The molecule has 0 aliphatic carbocycles. The summed E-state index contributed by atoms with van der Waals surface area (Å²) in [5.74, 6) is -1.49. The number of H-pyrrole nitrogens is 1. The first kappa shape index (κ1) is 17.0. The van der Waals surface area contributed by atoms with Crippen molar-refractivity contribution < 1.29 is 14.7 Å². The highest BCUT2D eigenvalue weighted by atomic mass is 16.4. The lowest BCUT2D eigenvalue weighted by Crippen LogP contribution is -2.41. The molecule has 4 N–H and O–H groups in total. The number of aromatic amines is 1. The molecule has 0 bridgehead atoms. The van der Waals surface area contributed by atoms with Gasteiger partial charge in [-0.2, -0.15) is 5.10 Å². The zero-order valence-corrected chi connectivity index (χ0v) is 12.9. The number of carbonyl (C=O) groups is 2. The van der Waals surface area contributed by atoms with Crippen LogP contribution in [0.5, 0.6) is 0 Å². The Morgan fingerprint density at radius 3 is 2.57 bits per heavy atom. The van der Waals surface area contributed by atoms with E-state index in [0.717, 1.165) is 5.56 Å². The minimum atomic E-state index is -0.895. The van der Waals surface area contributed by atoms with Crippen molar-refractivity contribution in [3.63, 3.8) is 0 Å². The Morgan fingerprint density at radius 1 is 1.43 bits per heavy atom. The van der Waals surface area contributed by atoms with Gasteiger partial charge in [0.1, 0.15) is 0 Å². The Balaban J connectivity index is 2.45. The molecule has 0 spiro atoms. The maximum atomic E-state index is 11.8. The van der Waals surface area contributed by atoms with Crippen molar-refractivity contribution in [2.24, 2.45) is 11.3 Å². The number of nitrogens with zero attached hydrogens (tertiary/aromatic N) is 1. The van der Waals surface area contributed by atoms with Crippen LogP contribution in [0.1, 0.15) is 45.7 Å². The molecule has 21 heavy (non-hydrogen) atoms. The van der Waals surface area contributed by atoms with Gasteiger partial charge in [0, 0.05) is 18.3 Å². The van der Waals surface area contributed by atoms with Crippen molar-refractivity contribution in [1.82, 2.24) is 20.8 Å². The smallest absolute Gasteiger partial charge is 0.315 e. The van der Waals surface area contributed by atoms with Crippen molar-refractivity contribution in [3.8, 4) is 0 Å². The van der Waals surface area contributed by atoms with Gasteiger partial charge in [0.05, 0.1) is 18.2 Å². The summed E-state index contributed by atoms with van der Waals surface area (Å²) in [4.78, 5) is 23.0. The van der Waals surface area contributed by atoms with Gasteiger partial charge in [-0.15, -0.1) is 0 Å². The zero-order chi connectivity index (χ0) is 16.0. The Morgan fingerprint density at radius 2 is 2.10 bits per heavy atom. The fourth-order valence-electron chi connectivity index (χ4n) is 2.03. The number of urea groups is 1. The Bertz CT molecular complexity index is 465. The molecule has 1 aromatic heterocycles. The molecular formula is C14H24N4O3. The summed E-state index contributed by atoms with van der Waals surface area (Å²) in [5, 5.41) is 21.0. The Hall–Kier alpha value is -2.05. The van der Waals surface area contributed by atoms with Gasteiger partial charge < -0.3 is 15.7 Å². The van der Waals surface area contributed by atoms with Crippen LogP contribution in [0, 0.1) is 11.3 Å². The number of carboxylic acid groups (broad SMARTS) is 1. The van der Waals surface area contributed by atoms with Crippen LogP contribution < -0.4 is 10.6 Å². The fraction of sp³-hybridized carbons (Fsp3) is 0.643. The van der Waals surface area contributed by atoms with Gasteiger partial charge >= 0.3 is 12.0 Å². The molecule has 7 nitrogen and oxygen atoms in total. The van der Waals surface area contributed by atoms with Crippen LogP contribution in [-0.4, -0.2) is 33.8 Å². The normalized spacial score (nSPS) is 14.3. The van der Waals surface area contributed by atoms with Crippen LogP contribution in [0.3, 0.4) is 0 Å². The summed E-state index contributed by atoms with van der Waals surface area (Å²) in [6.07, 6.45) is 3.83. The molecule has 1 heterocycles. The molecule has 2 atom stereocenters. The molecule has 0 fully saturated rings. The van der Waals surface area contributed by atoms with Gasteiger partial charge in [-0.05, 0) is 18.8 Å². The molecule has 2 unspecified atom stereocenters. The summed E-state index contributed by atoms with van der Waals surface area (Å²) in [5.41, 5.74) is 0.750. The highest BCUT2D eigenvalue weighted by Crippen LogP contribution is 2.24. The van der Waals surface area contributed by atoms with Crippen LogP contribution in [0.4, 0.5) is 4.79 Å². The van der Waals surface area contributed by atoms with E-state index < -0.39 is 11.9 Å². The third kappa shape index (κ3) is 6.29. The molecule has 0 saturated carbocycles. The molecule has 1 rings (SSSR count). The summed E-state index contributed by atoms with van der Waals surface area (Å²) in [7, 11) is 0. The molecular weight excluding hydrogens is 272 g/mol. The minimum Gasteiger partial charge on any atom is -0.481 e. The second-order valence-electron chi connectivity index (χ2n) is 6.41. The monoisotopic (exact) mass is 296 g/mol. The van der Waals surface area contributed by atoms with E-state index in [1.807, 2.05) is 27.7 Å². The van der Waals surface area contributed by atoms with Crippen molar-refractivity contribution in [3.05, 3.63) is 18.0 Å². The van der Waals surface area contributed by atoms with Crippen LogP contribution in [0.2, 0.25) is 0 Å². The predicted octanol–water partition coefficient (Wildman–Crippen LogP) is 1.91. The van der Waals surface area contributed by atoms with Gasteiger partial charge in [0.15, 0.2) is 0 Å². The SMILES string of the molecule is CC(NC(=O)NCC(CC(C)(C)C)C(=O)O)c1cn[nH]c1. The predicted molar refractivity (Wildman–Crippen MR) is 78.7 cm³/mol. The number of carbonyl (C=O) groups excluding carboxylic acids is 1. The fourth-order valence-corrected chi connectivity index (χ4v) is 2.03. The third-order valence-electron chi connectivity index (χ3n) is 3.08. The standard InChI is InChI=1S/C14H24N4O3/c1-9(11-7-16-17-8-11)18-13(21)15-6-10(12(19)20)5-14(2,3)4/h7-10H,5-6H2,1-4H3,(H,16,17)(H,19,20)(H2,15,18,21). The Kier molecular flexibility index (Phi) is 5.75. The molecule has 0 aliphatic heterocycles. The lowest BCUT2D eigenvalue weighted by atomic mass is 9.84. The van der Waals surface area contributed by atoms with Crippen molar-refractivity contribution in [1.29, 1.82) is 0 Å². The molecule has 118 valence electrons. The van der Waals surface area contributed by atoms with E-state index in [0.29, 0.717) is 6.42 Å². The second-order valence-corrected chi connectivity index (χ2v) is 6.41. The average molecular weight is 296 g/mol. The largest absolute Gasteiger partial charge is 0.481 e. The lowest BCUT2D eigenvalue weighted by molar-refractivity contribution is -0.142. The molecule has 0 aromatic carbocycles. The topological polar surface area (TPSA) is 107 Å². The van der Waals surface area contributed by atoms with Gasteiger partial charge in [-0.1, -0.05) is 20.8 Å². The van der Waals surface area contributed by atoms with Gasteiger partial charge in [-0.3, -0.25) is 9.89 Å². The molecule has 0 saturated heterocycles. The van der Waals surface area contributed by atoms with Crippen molar-refractivity contribution in [2.75, 3.05) is 6.54 Å². The van der Waals surface area contributed by atoms with Crippen LogP contribution >= 0.6 is 0 Å². The maximum absolute atomic E-state index is 11.8. The lowest BCUT2D eigenvalue weighted by Gasteiger charge is -2.23. The number of hydrogen-bond donors (Lipinski definition) is 4. The van der Waals surface area contributed by atoms with E-state index in [2.05, 4.69) is 20.8 Å². The van der Waals surface area contributed by atoms with Gasteiger partial charge in [0.2, 0.25) is 0 Å². The van der Waals surface area contributed by atoms with E-state index >= 15 is 0 Å². The first-order valence-electron chi connectivity index (χ1n) is 6.95. The highest BCUT2D eigenvalue weighted by Gasteiger charge is 2.25. The molecule has 0 aliphatic rings. The van der Waals surface area contributed by atoms with E-state index in [1.54, 1.807) is 12.4 Å². The first-order valence-corrected chi connectivity index (χ1v) is 6.95. The average Bonchev–Trinajstić information content (AvgIpc) is 2.86. The quantitative estimate of drug-likeness (QED) is 0.643. The number of aromatic nitrogens is 2. The van der Waals surface area contributed by atoms with E-state index in [1.165, 1.54) is 0 Å². The number of carboxylic acids is 1. The van der Waals surface area contributed by atoms with Crippen LogP contribution in [0.15, 0.2) is 12.4 Å². The maximum Gasteiger partial charge on any atom is 0.315 e. The van der Waals surface area contributed by atoms with E-state index in [4.69, 9.17) is 0 Å². The molecule has 0 radical (unpaired) electrons. The summed E-state index contributed by atoms with van der Waals surface area (Å²) in [6.45, 7) is 7.86. The second kappa shape index (κ2) is 7.10. The zero-order valence-electron chi connectivity index (χ0n) is 12.9. The minimum absolute atomic E-state index is 0.106. The number of rotatable bonds is 6. The summed E-state index contributed by atoms with van der Waals surface area (Å²) >= 11 is 0.